The van der Waals surface area contributed by atoms with Crippen LogP contribution in [0.2, 0.25) is 0 Å². The van der Waals surface area contributed by atoms with Gasteiger partial charge in [-0.3, -0.25) is 4.79 Å². The van der Waals surface area contributed by atoms with Crippen LogP contribution in [0.25, 0.3) is 0 Å². The molecule has 4 nitrogen and oxygen atoms in total. The molecule has 1 aliphatic rings. The Hall–Kier alpha value is -1.07. The summed E-state index contributed by atoms with van der Waals surface area (Å²) in [5.41, 5.74) is 5.18. The number of hydrogen-bond donors (Lipinski definition) is 1. The van der Waals surface area contributed by atoms with E-state index < -0.39 is 0 Å². The summed E-state index contributed by atoms with van der Waals surface area (Å²) in [7, 11) is 0. The smallest absolute Gasteiger partial charge is 0.258 e. The zero-order valence-electron chi connectivity index (χ0n) is 7.73. The molecular weight excluding hydrogens is 200 g/mol. The van der Waals surface area contributed by atoms with Gasteiger partial charge < -0.3 is 15.4 Å². The molecule has 1 saturated heterocycles. The van der Waals surface area contributed by atoms with Crippen molar-refractivity contribution in [3.05, 3.63) is 17.0 Å². The van der Waals surface area contributed by atoms with Gasteiger partial charge in [-0.2, -0.15) is 0 Å². The topological polar surface area (TPSA) is 55.6 Å². The Balaban J connectivity index is 2.11. The van der Waals surface area contributed by atoms with Crippen LogP contribution >= 0.6 is 11.3 Å². The third kappa shape index (κ3) is 1.88. The van der Waals surface area contributed by atoms with Crippen molar-refractivity contribution in [2.24, 2.45) is 5.73 Å². The molecule has 0 saturated carbocycles. The molecule has 0 spiro atoms. The summed E-state index contributed by atoms with van der Waals surface area (Å²) in [6, 6.07) is 3.72. The number of morpholine rings is 1. The van der Waals surface area contributed by atoms with Crippen molar-refractivity contribution in [1.29, 1.82) is 0 Å². The molecule has 0 atom stereocenters. The second-order valence-corrected chi connectivity index (χ2v) is 4.16. The van der Waals surface area contributed by atoms with Crippen LogP contribution in [0.15, 0.2) is 12.1 Å². The van der Waals surface area contributed by atoms with Crippen LogP contribution in [0.1, 0.15) is 9.67 Å². The van der Waals surface area contributed by atoms with E-state index >= 15 is 0 Å². The lowest BCUT2D eigenvalue weighted by Gasteiger charge is -2.27. The number of amides is 1. The Morgan fingerprint density at radius 2 is 2.14 bits per heavy atom. The van der Waals surface area contributed by atoms with E-state index in [1.807, 2.05) is 6.07 Å². The molecule has 0 aliphatic carbocycles. The van der Waals surface area contributed by atoms with Crippen LogP contribution in [-0.4, -0.2) is 32.2 Å². The molecule has 2 heterocycles. The molecule has 1 amide bonds. The van der Waals surface area contributed by atoms with Gasteiger partial charge in [-0.1, -0.05) is 0 Å². The van der Waals surface area contributed by atoms with E-state index in [2.05, 4.69) is 4.90 Å². The number of carbonyl (C=O) groups is 1. The average Bonchev–Trinajstić information content (AvgIpc) is 2.68. The maximum atomic E-state index is 10.9. The van der Waals surface area contributed by atoms with Gasteiger partial charge in [-0.15, -0.1) is 11.3 Å². The van der Waals surface area contributed by atoms with Crippen molar-refractivity contribution in [3.8, 4) is 0 Å². The highest BCUT2D eigenvalue weighted by molar-refractivity contribution is 7.17. The van der Waals surface area contributed by atoms with Gasteiger partial charge in [-0.05, 0) is 12.1 Å². The average molecular weight is 212 g/mol. The van der Waals surface area contributed by atoms with Crippen LogP contribution in [0.4, 0.5) is 5.00 Å². The minimum atomic E-state index is -0.352. The highest BCUT2D eigenvalue weighted by Gasteiger charge is 2.14. The second kappa shape index (κ2) is 3.98. The standard InChI is InChI=1S/C9H12N2O2S/c10-9(12)7-1-2-8(14-7)11-3-5-13-6-4-11/h1-2H,3-6H2,(H2,10,12). The van der Waals surface area contributed by atoms with Crippen molar-refractivity contribution >= 4 is 22.2 Å². The van der Waals surface area contributed by atoms with Crippen molar-refractivity contribution in [3.63, 3.8) is 0 Å². The minimum Gasteiger partial charge on any atom is -0.378 e. The first-order chi connectivity index (χ1) is 6.77. The summed E-state index contributed by atoms with van der Waals surface area (Å²) < 4.78 is 5.25. The lowest BCUT2D eigenvalue weighted by Crippen LogP contribution is -2.35. The summed E-state index contributed by atoms with van der Waals surface area (Å²) >= 11 is 1.44. The van der Waals surface area contributed by atoms with E-state index in [-0.39, 0.29) is 5.91 Å². The first kappa shape index (κ1) is 9.48. The van der Waals surface area contributed by atoms with E-state index in [0.717, 1.165) is 31.3 Å². The summed E-state index contributed by atoms with van der Waals surface area (Å²) in [5.74, 6) is -0.352. The largest absolute Gasteiger partial charge is 0.378 e. The molecule has 14 heavy (non-hydrogen) atoms. The fraction of sp³-hybridized carbons (Fsp3) is 0.444. The van der Waals surface area contributed by atoms with Crippen LogP contribution in [0.3, 0.4) is 0 Å². The van der Waals surface area contributed by atoms with E-state index in [1.54, 1.807) is 6.07 Å². The van der Waals surface area contributed by atoms with Crippen LogP contribution in [0.5, 0.6) is 0 Å². The number of rotatable bonds is 2. The molecule has 2 rings (SSSR count). The van der Waals surface area contributed by atoms with E-state index in [4.69, 9.17) is 10.5 Å². The normalized spacial score (nSPS) is 17.0. The quantitative estimate of drug-likeness (QED) is 0.784. The van der Waals surface area contributed by atoms with Crippen LogP contribution < -0.4 is 10.6 Å². The zero-order valence-corrected chi connectivity index (χ0v) is 8.55. The number of carbonyl (C=O) groups excluding carboxylic acids is 1. The van der Waals surface area contributed by atoms with Gasteiger partial charge in [0, 0.05) is 13.1 Å². The minimum absolute atomic E-state index is 0.352. The maximum absolute atomic E-state index is 10.9. The van der Waals surface area contributed by atoms with E-state index in [0.29, 0.717) is 4.88 Å². The summed E-state index contributed by atoms with van der Waals surface area (Å²) in [4.78, 5) is 13.7. The molecule has 76 valence electrons. The SMILES string of the molecule is NC(=O)c1ccc(N2CCOCC2)s1. The van der Waals surface area contributed by atoms with Crippen molar-refractivity contribution in [1.82, 2.24) is 0 Å². The molecule has 1 aromatic heterocycles. The Labute approximate surface area is 86.3 Å². The highest BCUT2D eigenvalue weighted by atomic mass is 32.1. The summed E-state index contributed by atoms with van der Waals surface area (Å²) in [6.45, 7) is 3.28. The summed E-state index contributed by atoms with van der Waals surface area (Å²) in [6.07, 6.45) is 0. The number of thiophene rings is 1. The molecule has 0 unspecified atom stereocenters. The molecule has 1 fully saturated rings. The maximum Gasteiger partial charge on any atom is 0.258 e. The Kier molecular flexibility index (Phi) is 2.69. The zero-order chi connectivity index (χ0) is 9.97. The van der Waals surface area contributed by atoms with Gasteiger partial charge >= 0.3 is 0 Å². The van der Waals surface area contributed by atoms with E-state index in [9.17, 15) is 4.79 Å². The molecule has 0 aromatic carbocycles. The lowest BCUT2D eigenvalue weighted by molar-refractivity contribution is 0.100. The van der Waals surface area contributed by atoms with Gasteiger partial charge in [0.05, 0.1) is 23.1 Å². The Bertz CT molecular complexity index is 331. The molecule has 5 heteroatoms. The van der Waals surface area contributed by atoms with Gasteiger partial charge in [0.25, 0.3) is 5.91 Å². The predicted octanol–water partition coefficient (Wildman–Crippen LogP) is 0.684. The molecular formula is C9H12N2O2S. The van der Waals surface area contributed by atoms with Gasteiger partial charge in [0.15, 0.2) is 0 Å². The van der Waals surface area contributed by atoms with Crippen molar-refractivity contribution < 1.29 is 9.53 Å². The molecule has 1 aliphatic heterocycles. The number of anilines is 1. The number of hydrogen-bond acceptors (Lipinski definition) is 4. The van der Waals surface area contributed by atoms with Crippen molar-refractivity contribution in [2.75, 3.05) is 31.2 Å². The number of primary amides is 1. The molecule has 0 radical (unpaired) electrons. The van der Waals surface area contributed by atoms with Gasteiger partial charge in [0.2, 0.25) is 0 Å². The van der Waals surface area contributed by atoms with E-state index in [1.165, 1.54) is 11.3 Å². The first-order valence-electron chi connectivity index (χ1n) is 4.50. The number of ether oxygens (including phenoxy) is 1. The lowest BCUT2D eigenvalue weighted by atomic mass is 10.4. The fourth-order valence-electron chi connectivity index (χ4n) is 1.41. The molecule has 2 N–H and O–H groups in total. The van der Waals surface area contributed by atoms with Gasteiger partial charge in [0.1, 0.15) is 0 Å². The summed E-state index contributed by atoms with van der Waals surface area (Å²) in [5, 5.41) is 1.10. The Morgan fingerprint density at radius 1 is 1.43 bits per heavy atom. The van der Waals surface area contributed by atoms with Crippen molar-refractivity contribution in [2.45, 2.75) is 0 Å². The third-order valence-electron chi connectivity index (χ3n) is 2.16. The Morgan fingerprint density at radius 3 is 2.71 bits per heavy atom. The van der Waals surface area contributed by atoms with Crippen LogP contribution in [-0.2, 0) is 4.74 Å². The number of nitrogens with zero attached hydrogens (tertiary/aromatic N) is 1. The first-order valence-corrected chi connectivity index (χ1v) is 5.31. The predicted molar refractivity (Wildman–Crippen MR) is 55.9 cm³/mol. The van der Waals surface area contributed by atoms with Crippen LogP contribution in [0, 0.1) is 0 Å². The molecule has 1 aromatic rings. The van der Waals surface area contributed by atoms with Gasteiger partial charge in [-0.25, -0.2) is 0 Å². The monoisotopic (exact) mass is 212 g/mol. The fourth-order valence-corrected chi connectivity index (χ4v) is 2.32. The second-order valence-electron chi connectivity index (χ2n) is 3.10. The number of nitrogens with two attached hydrogens (primary N) is 1. The highest BCUT2D eigenvalue weighted by Crippen LogP contribution is 2.26. The third-order valence-corrected chi connectivity index (χ3v) is 3.32. The molecule has 0 bridgehead atoms.